The fourth-order valence-corrected chi connectivity index (χ4v) is 2.27. The molecule has 0 aliphatic rings. The predicted molar refractivity (Wildman–Crippen MR) is 67.9 cm³/mol. The molecule has 1 rings (SSSR count). The Morgan fingerprint density at radius 1 is 1.31 bits per heavy atom. The molecule has 0 bridgehead atoms. The van der Waals surface area contributed by atoms with E-state index in [9.17, 15) is 9.50 Å². The van der Waals surface area contributed by atoms with E-state index in [0.29, 0.717) is 12.0 Å². The molecular formula is C13H18BrFO. The molecule has 0 saturated carbocycles. The van der Waals surface area contributed by atoms with Gasteiger partial charge in [0.2, 0.25) is 0 Å². The molecule has 0 amide bonds. The summed E-state index contributed by atoms with van der Waals surface area (Å²) in [6.45, 7) is 4.18. The van der Waals surface area contributed by atoms with Gasteiger partial charge < -0.3 is 5.11 Å². The minimum Gasteiger partial charge on any atom is -0.396 e. The molecule has 0 aliphatic carbocycles. The van der Waals surface area contributed by atoms with Gasteiger partial charge in [0.05, 0.1) is 0 Å². The topological polar surface area (TPSA) is 20.2 Å². The molecule has 0 atom stereocenters. The molecule has 1 aromatic rings. The molecule has 1 nitrogen and oxygen atoms in total. The zero-order valence-electron chi connectivity index (χ0n) is 9.76. The maximum Gasteiger partial charge on any atom is 0.126 e. The Bertz CT molecular complexity index is 340. The van der Waals surface area contributed by atoms with Crippen molar-refractivity contribution in [2.45, 2.75) is 33.1 Å². The molecule has 1 aromatic carbocycles. The number of aliphatic hydroxyl groups is 1. The summed E-state index contributed by atoms with van der Waals surface area (Å²) < 4.78 is 14.5. The molecular weight excluding hydrogens is 271 g/mol. The van der Waals surface area contributed by atoms with E-state index in [1.165, 1.54) is 6.07 Å². The van der Waals surface area contributed by atoms with Crippen LogP contribution in [-0.4, -0.2) is 11.7 Å². The van der Waals surface area contributed by atoms with Gasteiger partial charge in [-0.15, -0.1) is 0 Å². The number of rotatable bonds is 5. The first-order valence-electron chi connectivity index (χ1n) is 5.61. The summed E-state index contributed by atoms with van der Waals surface area (Å²) in [5, 5.41) is 9.46. The van der Waals surface area contributed by atoms with Crippen LogP contribution in [0.5, 0.6) is 0 Å². The number of halogens is 2. The third-order valence-corrected chi connectivity index (χ3v) is 3.90. The van der Waals surface area contributed by atoms with Crippen molar-refractivity contribution in [3.05, 3.63) is 34.1 Å². The second-order valence-corrected chi connectivity index (χ2v) is 5.19. The van der Waals surface area contributed by atoms with Gasteiger partial charge in [-0.1, -0.05) is 29.8 Å². The van der Waals surface area contributed by atoms with Crippen LogP contribution in [0.3, 0.4) is 0 Å². The molecule has 16 heavy (non-hydrogen) atoms. The zero-order valence-corrected chi connectivity index (χ0v) is 11.3. The van der Waals surface area contributed by atoms with Gasteiger partial charge in [-0.3, -0.25) is 0 Å². The monoisotopic (exact) mass is 288 g/mol. The number of hydrogen-bond acceptors (Lipinski definition) is 1. The van der Waals surface area contributed by atoms with Crippen molar-refractivity contribution in [1.82, 2.24) is 0 Å². The van der Waals surface area contributed by atoms with E-state index in [1.54, 1.807) is 12.1 Å². The van der Waals surface area contributed by atoms with Gasteiger partial charge >= 0.3 is 0 Å². The van der Waals surface area contributed by atoms with Crippen LogP contribution in [0.2, 0.25) is 0 Å². The number of benzene rings is 1. The van der Waals surface area contributed by atoms with E-state index >= 15 is 0 Å². The lowest BCUT2D eigenvalue weighted by molar-refractivity contribution is 0.114. The Balaban J connectivity index is 2.97. The van der Waals surface area contributed by atoms with E-state index < -0.39 is 0 Å². The third-order valence-electron chi connectivity index (χ3n) is 3.41. The molecule has 0 saturated heterocycles. The Kier molecular flexibility index (Phi) is 4.93. The Morgan fingerprint density at radius 2 is 1.94 bits per heavy atom. The van der Waals surface area contributed by atoms with Gasteiger partial charge in [0.15, 0.2) is 0 Å². The van der Waals surface area contributed by atoms with Crippen molar-refractivity contribution < 1.29 is 9.50 Å². The molecule has 0 aromatic heterocycles. The lowest BCUT2D eigenvalue weighted by Gasteiger charge is -2.29. The van der Waals surface area contributed by atoms with Crippen LogP contribution in [0.15, 0.2) is 22.7 Å². The van der Waals surface area contributed by atoms with Crippen LogP contribution in [0.25, 0.3) is 0 Å². The van der Waals surface area contributed by atoms with Crippen LogP contribution in [0.1, 0.15) is 32.3 Å². The number of aliphatic hydroxyl groups excluding tert-OH is 1. The summed E-state index contributed by atoms with van der Waals surface area (Å²) >= 11 is 3.34. The van der Waals surface area contributed by atoms with Gasteiger partial charge in [0.1, 0.15) is 5.82 Å². The first kappa shape index (κ1) is 13.7. The highest BCUT2D eigenvalue weighted by Gasteiger charge is 2.26. The highest BCUT2D eigenvalue weighted by molar-refractivity contribution is 9.10. The first-order chi connectivity index (χ1) is 7.56. The van der Waals surface area contributed by atoms with Crippen molar-refractivity contribution in [3.63, 3.8) is 0 Å². The molecule has 1 N–H and O–H groups in total. The van der Waals surface area contributed by atoms with Crippen molar-refractivity contribution in [2.75, 3.05) is 6.61 Å². The SMILES string of the molecule is CCC(CC)(CO)Cc1cc(Br)ccc1F. The quantitative estimate of drug-likeness (QED) is 0.870. The largest absolute Gasteiger partial charge is 0.396 e. The highest BCUT2D eigenvalue weighted by atomic mass is 79.9. The molecule has 90 valence electrons. The van der Waals surface area contributed by atoms with Crippen LogP contribution < -0.4 is 0 Å². The van der Waals surface area contributed by atoms with Gasteiger partial charge in [0.25, 0.3) is 0 Å². The van der Waals surface area contributed by atoms with Gasteiger partial charge in [-0.2, -0.15) is 0 Å². The lowest BCUT2D eigenvalue weighted by Crippen LogP contribution is -2.27. The van der Waals surface area contributed by atoms with Crippen molar-refractivity contribution in [2.24, 2.45) is 5.41 Å². The fourth-order valence-electron chi connectivity index (χ4n) is 1.86. The van der Waals surface area contributed by atoms with E-state index in [0.717, 1.165) is 17.3 Å². The summed E-state index contributed by atoms with van der Waals surface area (Å²) in [5.41, 5.74) is 0.480. The molecule has 0 unspecified atom stereocenters. The summed E-state index contributed by atoms with van der Waals surface area (Å²) in [6, 6.07) is 4.95. The Morgan fingerprint density at radius 3 is 2.44 bits per heavy atom. The third kappa shape index (κ3) is 3.05. The maximum atomic E-state index is 13.6. The van der Waals surface area contributed by atoms with Crippen molar-refractivity contribution in [3.8, 4) is 0 Å². The van der Waals surface area contributed by atoms with Crippen molar-refractivity contribution >= 4 is 15.9 Å². The fraction of sp³-hybridized carbons (Fsp3) is 0.538. The normalized spacial score (nSPS) is 11.8. The standard InChI is InChI=1S/C13H18BrFO/c1-3-13(4-2,9-16)8-10-7-11(14)5-6-12(10)15/h5-7,16H,3-4,8-9H2,1-2H3. The molecule has 0 heterocycles. The Labute approximate surface area is 105 Å². The minimum absolute atomic E-state index is 0.103. The summed E-state index contributed by atoms with van der Waals surface area (Å²) in [5.74, 6) is -0.192. The van der Waals surface area contributed by atoms with Crippen LogP contribution in [0, 0.1) is 11.2 Å². The molecule has 3 heteroatoms. The molecule has 0 radical (unpaired) electrons. The zero-order chi connectivity index (χ0) is 12.2. The molecule has 0 spiro atoms. The van der Waals surface area contributed by atoms with Crippen LogP contribution in [0.4, 0.5) is 4.39 Å². The van der Waals surface area contributed by atoms with Crippen LogP contribution >= 0.6 is 15.9 Å². The summed E-state index contributed by atoms with van der Waals surface area (Å²) in [4.78, 5) is 0. The predicted octanol–water partition coefficient (Wildman–Crippen LogP) is 3.93. The summed E-state index contributed by atoms with van der Waals surface area (Å²) in [7, 11) is 0. The smallest absolute Gasteiger partial charge is 0.126 e. The van der Waals surface area contributed by atoms with E-state index in [2.05, 4.69) is 15.9 Å². The summed E-state index contributed by atoms with van der Waals surface area (Å²) in [6.07, 6.45) is 2.29. The van der Waals surface area contributed by atoms with E-state index in [4.69, 9.17) is 0 Å². The average Bonchev–Trinajstić information content (AvgIpc) is 2.31. The molecule has 0 fully saturated rings. The molecule has 0 aliphatic heterocycles. The number of hydrogen-bond donors (Lipinski definition) is 1. The van der Waals surface area contributed by atoms with Gasteiger partial charge in [-0.25, -0.2) is 4.39 Å². The first-order valence-corrected chi connectivity index (χ1v) is 6.41. The van der Waals surface area contributed by atoms with Gasteiger partial charge in [0, 0.05) is 11.1 Å². The lowest BCUT2D eigenvalue weighted by atomic mass is 9.77. The van der Waals surface area contributed by atoms with E-state index in [-0.39, 0.29) is 17.8 Å². The second kappa shape index (κ2) is 5.78. The average molecular weight is 289 g/mol. The minimum atomic E-state index is -0.193. The van der Waals surface area contributed by atoms with Crippen LogP contribution in [-0.2, 0) is 6.42 Å². The second-order valence-electron chi connectivity index (χ2n) is 4.28. The maximum absolute atomic E-state index is 13.6. The van der Waals surface area contributed by atoms with Gasteiger partial charge in [-0.05, 0) is 48.4 Å². The highest BCUT2D eigenvalue weighted by Crippen LogP contribution is 2.32. The van der Waals surface area contributed by atoms with E-state index in [1.807, 2.05) is 13.8 Å². The Hall–Kier alpha value is -0.410. The van der Waals surface area contributed by atoms with Crippen molar-refractivity contribution in [1.29, 1.82) is 0 Å².